The number of primary sulfonamides is 1. The van der Waals surface area contributed by atoms with Crippen molar-refractivity contribution in [1.29, 1.82) is 0 Å². The molecule has 10 heteroatoms. The van der Waals surface area contributed by atoms with Gasteiger partial charge in [-0.1, -0.05) is 30.3 Å². The predicted molar refractivity (Wildman–Crippen MR) is 133 cm³/mol. The van der Waals surface area contributed by atoms with Crippen molar-refractivity contribution in [3.63, 3.8) is 0 Å². The maximum Gasteiger partial charge on any atom is 0.257 e. The van der Waals surface area contributed by atoms with Crippen LogP contribution in [0.1, 0.15) is 15.9 Å². The fourth-order valence-electron chi connectivity index (χ4n) is 3.58. The first-order valence-corrected chi connectivity index (χ1v) is 11.8. The van der Waals surface area contributed by atoms with E-state index in [9.17, 15) is 17.6 Å². The lowest BCUT2D eigenvalue weighted by atomic mass is 10.0. The summed E-state index contributed by atoms with van der Waals surface area (Å²) in [7, 11) is -4.06. The molecule has 1 amide bonds. The molecule has 8 nitrogen and oxygen atoms in total. The topological polar surface area (TPSA) is 141 Å². The Morgan fingerprint density at radius 2 is 1.74 bits per heavy atom. The zero-order chi connectivity index (χ0) is 25.0. The van der Waals surface area contributed by atoms with Gasteiger partial charge in [-0.15, -0.1) is 0 Å². The third-order valence-electron chi connectivity index (χ3n) is 5.14. The number of aromatic nitrogens is 1. The van der Waals surface area contributed by atoms with Crippen LogP contribution in [-0.4, -0.2) is 25.5 Å². The van der Waals surface area contributed by atoms with Crippen LogP contribution in [0.25, 0.3) is 22.4 Å². The van der Waals surface area contributed by atoms with Gasteiger partial charge in [-0.2, -0.15) is 5.10 Å². The molecule has 0 spiro atoms. The molecule has 3 aromatic carbocycles. The molecule has 0 saturated heterocycles. The molecule has 0 atom stereocenters. The van der Waals surface area contributed by atoms with Crippen molar-refractivity contribution >= 4 is 27.8 Å². The lowest BCUT2D eigenvalue weighted by Gasteiger charge is -2.12. The summed E-state index contributed by atoms with van der Waals surface area (Å²) in [5.74, 6) is 4.24. The number of hydrogen-bond acceptors (Lipinski definition) is 6. The summed E-state index contributed by atoms with van der Waals surface area (Å²) in [6.07, 6.45) is 3.08. The summed E-state index contributed by atoms with van der Waals surface area (Å²) >= 11 is 0. The Labute approximate surface area is 201 Å². The molecule has 0 saturated carbocycles. The first kappa shape index (κ1) is 23.7. The maximum atomic E-state index is 13.8. The van der Waals surface area contributed by atoms with Crippen molar-refractivity contribution in [1.82, 2.24) is 4.98 Å². The molecule has 1 heterocycles. The van der Waals surface area contributed by atoms with Crippen molar-refractivity contribution in [3.8, 4) is 22.4 Å². The number of hydrogen-bond donors (Lipinski definition) is 3. The molecule has 5 N–H and O–H groups in total. The summed E-state index contributed by atoms with van der Waals surface area (Å²) in [4.78, 5) is 17.2. The minimum atomic E-state index is -4.06. The van der Waals surface area contributed by atoms with Gasteiger partial charge in [0.2, 0.25) is 10.0 Å². The Kier molecular flexibility index (Phi) is 6.67. The molecule has 0 bridgehead atoms. The summed E-state index contributed by atoms with van der Waals surface area (Å²) in [5, 5.41) is 11.6. The number of sulfonamides is 1. The number of anilines is 1. The fraction of sp³-hybridized carbons (Fsp3) is 0. The third-order valence-corrected chi connectivity index (χ3v) is 6.11. The van der Waals surface area contributed by atoms with Crippen LogP contribution < -0.4 is 16.3 Å². The number of hydrazone groups is 1. The molecule has 0 aliphatic rings. The first-order valence-electron chi connectivity index (χ1n) is 10.3. The largest absolute Gasteiger partial charge is 0.323 e. The van der Waals surface area contributed by atoms with E-state index in [4.69, 9.17) is 11.0 Å². The molecular weight excluding hydrogens is 469 g/mol. The van der Waals surface area contributed by atoms with Crippen molar-refractivity contribution < 1.29 is 17.6 Å². The Hall–Kier alpha value is -4.41. The number of carbonyl (C=O) groups is 1. The van der Waals surface area contributed by atoms with Crippen LogP contribution in [0.15, 0.2) is 95.1 Å². The Bertz CT molecular complexity index is 1540. The van der Waals surface area contributed by atoms with E-state index >= 15 is 0 Å². The summed E-state index contributed by atoms with van der Waals surface area (Å²) in [6, 6.07) is 20.1. The highest BCUT2D eigenvalue weighted by atomic mass is 32.2. The first-order chi connectivity index (χ1) is 16.8. The van der Waals surface area contributed by atoms with Gasteiger partial charge in [0.05, 0.1) is 22.4 Å². The molecule has 0 aliphatic carbocycles. The average molecular weight is 490 g/mol. The quantitative estimate of drug-likeness (QED) is 0.215. The molecule has 0 aliphatic heterocycles. The van der Waals surface area contributed by atoms with E-state index in [1.54, 1.807) is 42.6 Å². The normalized spacial score (nSPS) is 11.5. The number of rotatable bonds is 6. The van der Waals surface area contributed by atoms with Crippen molar-refractivity contribution in [2.75, 3.05) is 5.32 Å². The number of nitrogens with one attached hydrogen (secondary N) is 1. The van der Waals surface area contributed by atoms with Crippen LogP contribution >= 0.6 is 0 Å². The maximum absolute atomic E-state index is 13.8. The van der Waals surface area contributed by atoms with Crippen LogP contribution in [0.2, 0.25) is 0 Å². The van der Waals surface area contributed by atoms with E-state index in [1.165, 1.54) is 6.21 Å². The SMILES string of the molecule is NN=Cc1cccc(-c2ncccc2C(=O)Nc2ccc(-c3cc(F)ccc3S(N)(=O)=O)cc2)c1. The number of nitrogens with two attached hydrogens (primary N) is 2. The lowest BCUT2D eigenvalue weighted by Crippen LogP contribution is -2.14. The second-order valence-corrected chi connectivity index (χ2v) is 9.05. The van der Waals surface area contributed by atoms with Crippen LogP contribution in [-0.2, 0) is 10.0 Å². The van der Waals surface area contributed by atoms with E-state index < -0.39 is 21.7 Å². The Morgan fingerprint density at radius 1 is 0.971 bits per heavy atom. The van der Waals surface area contributed by atoms with Gasteiger partial charge in [0.1, 0.15) is 5.82 Å². The van der Waals surface area contributed by atoms with Gasteiger partial charge in [-0.05, 0) is 59.7 Å². The van der Waals surface area contributed by atoms with E-state index in [0.717, 1.165) is 23.8 Å². The number of nitrogens with zero attached hydrogens (tertiary/aromatic N) is 2. The number of carbonyl (C=O) groups excluding carboxylic acids is 1. The molecule has 4 aromatic rings. The molecule has 1 aromatic heterocycles. The molecule has 0 radical (unpaired) electrons. The number of benzene rings is 3. The van der Waals surface area contributed by atoms with Gasteiger partial charge in [0.25, 0.3) is 5.91 Å². The highest BCUT2D eigenvalue weighted by molar-refractivity contribution is 7.89. The highest BCUT2D eigenvalue weighted by Gasteiger charge is 2.17. The van der Waals surface area contributed by atoms with Gasteiger partial charge in [-0.3, -0.25) is 9.78 Å². The predicted octanol–water partition coefficient (Wildman–Crippen LogP) is 3.75. The summed E-state index contributed by atoms with van der Waals surface area (Å²) < 4.78 is 37.6. The standard InChI is InChI=1S/C25H20FN5O3S/c26-19-8-11-23(35(28,33)34)22(14-19)17-6-9-20(10-7-17)31-25(32)21-5-2-12-29-24(21)18-4-1-3-16(13-18)15-30-27/h1-15H,27H2,(H,31,32)(H2,28,33,34). The van der Waals surface area contributed by atoms with Crippen LogP contribution in [0, 0.1) is 5.82 Å². The molecular formula is C25H20FN5O3S. The summed E-state index contributed by atoms with van der Waals surface area (Å²) in [5.41, 5.74) is 3.30. The minimum absolute atomic E-state index is 0.126. The van der Waals surface area contributed by atoms with Crippen LogP contribution in [0.4, 0.5) is 10.1 Å². The monoisotopic (exact) mass is 489 g/mol. The van der Waals surface area contributed by atoms with Crippen molar-refractivity contribution in [2.45, 2.75) is 4.90 Å². The van der Waals surface area contributed by atoms with Crippen molar-refractivity contribution in [2.24, 2.45) is 16.1 Å². The minimum Gasteiger partial charge on any atom is -0.323 e. The van der Waals surface area contributed by atoms with Gasteiger partial charge in [0.15, 0.2) is 0 Å². The van der Waals surface area contributed by atoms with Crippen LogP contribution in [0.5, 0.6) is 0 Å². The lowest BCUT2D eigenvalue weighted by molar-refractivity contribution is 0.102. The fourth-order valence-corrected chi connectivity index (χ4v) is 4.32. The average Bonchev–Trinajstić information content (AvgIpc) is 2.84. The highest BCUT2D eigenvalue weighted by Crippen LogP contribution is 2.29. The third kappa shape index (κ3) is 5.40. The Morgan fingerprint density at radius 3 is 2.46 bits per heavy atom. The molecule has 4 rings (SSSR count). The molecule has 176 valence electrons. The summed E-state index contributed by atoms with van der Waals surface area (Å²) in [6.45, 7) is 0. The zero-order valence-corrected chi connectivity index (χ0v) is 19.0. The molecule has 0 unspecified atom stereocenters. The Balaban J connectivity index is 1.62. The number of amides is 1. The smallest absolute Gasteiger partial charge is 0.257 e. The molecule has 0 fully saturated rings. The number of halogens is 1. The molecule has 35 heavy (non-hydrogen) atoms. The zero-order valence-electron chi connectivity index (χ0n) is 18.2. The van der Waals surface area contributed by atoms with Gasteiger partial charge in [-0.25, -0.2) is 17.9 Å². The second-order valence-electron chi connectivity index (χ2n) is 7.52. The van der Waals surface area contributed by atoms with Gasteiger partial charge >= 0.3 is 0 Å². The van der Waals surface area contributed by atoms with E-state index in [0.29, 0.717) is 28.1 Å². The number of pyridine rings is 1. The van der Waals surface area contributed by atoms with Gasteiger partial charge in [0, 0.05) is 23.0 Å². The second kappa shape index (κ2) is 9.84. The van der Waals surface area contributed by atoms with E-state index in [2.05, 4.69) is 15.4 Å². The van der Waals surface area contributed by atoms with Gasteiger partial charge < -0.3 is 11.2 Å². The van der Waals surface area contributed by atoms with Crippen molar-refractivity contribution in [3.05, 3.63) is 102 Å². The van der Waals surface area contributed by atoms with E-state index in [1.807, 2.05) is 24.3 Å². The van der Waals surface area contributed by atoms with E-state index in [-0.39, 0.29) is 10.5 Å². The van der Waals surface area contributed by atoms with Crippen LogP contribution in [0.3, 0.4) is 0 Å².